The van der Waals surface area contributed by atoms with E-state index in [-0.39, 0.29) is 23.4 Å². The molecule has 170 valence electrons. The van der Waals surface area contributed by atoms with E-state index in [4.69, 9.17) is 9.69 Å². The molecule has 2 fully saturated rings. The summed E-state index contributed by atoms with van der Waals surface area (Å²) in [6.07, 6.45) is -4.50. The Hall–Kier alpha value is -2.12. The molecule has 1 aromatic rings. The first-order valence-electron chi connectivity index (χ1n) is 10.2. The number of benzene rings is 1. The maximum absolute atomic E-state index is 15.0. The first-order valence-corrected chi connectivity index (χ1v) is 13.0. The lowest BCUT2D eigenvalue weighted by molar-refractivity contribution is -0.260. The Bertz CT molecular complexity index is 938. The van der Waals surface area contributed by atoms with E-state index in [1.54, 1.807) is 19.2 Å². The van der Waals surface area contributed by atoms with E-state index in [1.807, 2.05) is 20.8 Å². The molecule has 0 unspecified atom stereocenters. The van der Waals surface area contributed by atoms with Crippen LogP contribution in [0.3, 0.4) is 0 Å². The summed E-state index contributed by atoms with van der Waals surface area (Å²) in [6.45, 7) is 10.2. The number of nitriles is 1. The fourth-order valence-electron chi connectivity index (χ4n) is 4.93. The van der Waals surface area contributed by atoms with Crippen molar-refractivity contribution in [3.05, 3.63) is 29.1 Å². The highest BCUT2D eigenvalue weighted by atomic mass is 28.3. The SMILES string of the molecule is Cc1c(N2C(=O)N3CC[C@H](C(C)(C)C)[C@@H]3[C@]2(O[SiH](C)C)C(F)(F)F)ccc(C#N)c1F. The lowest BCUT2D eigenvalue weighted by Gasteiger charge is -2.46. The van der Waals surface area contributed by atoms with Crippen LogP contribution in [0.1, 0.15) is 38.3 Å². The van der Waals surface area contributed by atoms with Gasteiger partial charge >= 0.3 is 12.2 Å². The van der Waals surface area contributed by atoms with Gasteiger partial charge in [-0.1, -0.05) is 20.8 Å². The number of hydrogen-bond acceptors (Lipinski definition) is 3. The van der Waals surface area contributed by atoms with Gasteiger partial charge in [-0.15, -0.1) is 0 Å². The molecular formula is C21H27F4N3O2Si. The fraction of sp³-hybridized carbons (Fsp3) is 0.619. The van der Waals surface area contributed by atoms with Gasteiger partial charge in [-0.2, -0.15) is 18.4 Å². The lowest BCUT2D eigenvalue weighted by atomic mass is 9.73. The molecule has 3 atom stereocenters. The van der Waals surface area contributed by atoms with Crippen LogP contribution in [0.5, 0.6) is 0 Å². The van der Waals surface area contributed by atoms with E-state index in [0.717, 1.165) is 6.07 Å². The number of urea groups is 1. The second-order valence-corrected chi connectivity index (χ2v) is 11.9. The van der Waals surface area contributed by atoms with Crippen LogP contribution >= 0.6 is 0 Å². The Kier molecular flexibility index (Phi) is 5.68. The van der Waals surface area contributed by atoms with Gasteiger partial charge in [-0.3, -0.25) is 4.90 Å². The largest absolute Gasteiger partial charge is 0.438 e. The summed E-state index contributed by atoms with van der Waals surface area (Å²) in [5, 5.41) is 9.08. The number of amides is 2. The molecule has 1 aromatic carbocycles. The van der Waals surface area contributed by atoms with Crippen LogP contribution in [0.4, 0.5) is 28.0 Å². The van der Waals surface area contributed by atoms with Crippen LogP contribution in [0.25, 0.3) is 0 Å². The van der Waals surface area contributed by atoms with E-state index in [0.29, 0.717) is 11.3 Å². The first kappa shape index (κ1) is 23.5. The highest BCUT2D eigenvalue weighted by Gasteiger charge is 2.76. The van der Waals surface area contributed by atoms with E-state index in [2.05, 4.69) is 0 Å². The third-order valence-corrected chi connectivity index (χ3v) is 7.05. The molecule has 0 bridgehead atoms. The van der Waals surface area contributed by atoms with Crippen LogP contribution in [0.2, 0.25) is 13.1 Å². The van der Waals surface area contributed by atoms with Crippen LogP contribution < -0.4 is 4.90 Å². The molecule has 2 aliphatic rings. The second kappa shape index (κ2) is 7.48. The predicted molar refractivity (Wildman–Crippen MR) is 111 cm³/mol. The molecule has 2 aliphatic heterocycles. The van der Waals surface area contributed by atoms with Crippen molar-refractivity contribution in [3.8, 4) is 6.07 Å². The summed E-state index contributed by atoms with van der Waals surface area (Å²) < 4.78 is 65.5. The fourth-order valence-corrected chi connectivity index (χ4v) is 6.03. The predicted octanol–water partition coefficient (Wildman–Crippen LogP) is 4.94. The molecule has 31 heavy (non-hydrogen) atoms. The number of rotatable bonds is 3. The van der Waals surface area contributed by atoms with Gasteiger partial charge < -0.3 is 9.33 Å². The molecule has 5 nitrogen and oxygen atoms in total. The lowest BCUT2D eigenvalue weighted by Crippen LogP contribution is -2.67. The average molecular weight is 458 g/mol. The van der Waals surface area contributed by atoms with Gasteiger partial charge in [0, 0.05) is 12.1 Å². The topological polar surface area (TPSA) is 56.6 Å². The molecule has 0 aliphatic carbocycles. The van der Waals surface area contributed by atoms with Crippen molar-refractivity contribution in [2.75, 3.05) is 11.4 Å². The summed E-state index contributed by atoms with van der Waals surface area (Å²) in [5.41, 5.74) is -4.15. The molecular weight excluding hydrogens is 430 g/mol. The van der Waals surface area contributed by atoms with Gasteiger partial charge in [0.25, 0.3) is 5.72 Å². The Morgan fingerprint density at radius 2 is 1.87 bits per heavy atom. The molecule has 0 radical (unpaired) electrons. The van der Waals surface area contributed by atoms with Gasteiger partial charge in [0.05, 0.1) is 17.3 Å². The second-order valence-electron chi connectivity index (χ2n) is 9.56. The number of carbonyl (C=O) groups excluding carboxylic acids is 1. The van der Waals surface area contributed by atoms with Gasteiger partial charge in [0.1, 0.15) is 11.9 Å². The molecule has 2 saturated heterocycles. The Labute approximate surface area is 181 Å². The minimum atomic E-state index is -4.93. The zero-order valence-electron chi connectivity index (χ0n) is 18.5. The number of fused-ring (bicyclic) bond motifs is 1. The number of carbonyl (C=O) groups is 1. The first-order chi connectivity index (χ1) is 14.2. The molecule has 0 N–H and O–H groups in total. The van der Waals surface area contributed by atoms with E-state index in [1.165, 1.54) is 17.9 Å². The van der Waals surface area contributed by atoms with Crippen LogP contribution in [-0.4, -0.2) is 44.5 Å². The van der Waals surface area contributed by atoms with Crippen molar-refractivity contribution in [1.82, 2.24) is 4.90 Å². The molecule has 3 rings (SSSR count). The Morgan fingerprint density at radius 3 is 2.35 bits per heavy atom. The van der Waals surface area contributed by atoms with Crippen LogP contribution in [0.15, 0.2) is 12.1 Å². The molecule has 0 spiro atoms. The Balaban J connectivity index is 2.34. The minimum absolute atomic E-state index is 0.167. The van der Waals surface area contributed by atoms with Crippen LogP contribution in [-0.2, 0) is 4.43 Å². The summed E-state index contributed by atoms with van der Waals surface area (Å²) in [4.78, 5) is 15.3. The minimum Gasteiger partial charge on any atom is -0.390 e. The number of anilines is 1. The van der Waals surface area contributed by atoms with Gasteiger partial charge in [-0.25, -0.2) is 9.18 Å². The van der Waals surface area contributed by atoms with E-state index in [9.17, 15) is 22.4 Å². The molecule has 0 aromatic heterocycles. The van der Waals surface area contributed by atoms with Crippen molar-refractivity contribution in [2.24, 2.45) is 11.3 Å². The van der Waals surface area contributed by atoms with Crippen molar-refractivity contribution in [2.45, 2.75) is 65.2 Å². The summed E-state index contributed by atoms with van der Waals surface area (Å²) >= 11 is 0. The molecule has 0 saturated carbocycles. The summed E-state index contributed by atoms with van der Waals surface area (Å²) in [5.74, 6) is -1.41. The normalized spacial score (nSPS) is 26.6. The highest BCUT2D eigenvalue weighted by molar-refractivity contribution is 6.48. The van der Waals surface area contributed by atoms with Gasteiger partial charge in [0.15, 0.2) is 9.04 Å². The van der Waals surface area contributed by atoms with E-state index >= 15 is 0 Å². The monoisotopic (exact) mass is 457 g/mol. The summed E-state index contributed by atoms with van der Waals surface area (Å²) in [6, 6.07) is 1.88. The molecule has 2 amide bonds. The summed E-state index contributed by atoms with van der Waals surface area (Å²) in [7, 11) is -2.34. The highest BCUT2D eigenvalue weighted by Crippen LogP contribution is 2.56. The van der Waals surface area contributed by atoms with Crippen LogP contribution in [0, 0.1) is 35.4 Å². The zero-order chi connectivity index (χ0) is 23.5. The van der Waals surface area contributed by atoms with Gasteiger partial charge in [0.2, 0.25) is 0 Å². The quantitative estimate of drug-likeness (QED) is 0.477. The zero-order valence-corrected chi connectivity index (χ0v) is 19.6. The van der Waals surface area contributed by atoms with Crippen molar-refractivity contribution >= 4 is 20.8 Å². The smallest absolute Gasteiger partial charge is 0.390 e. The number of nitrogens with zero attached hydrogens (tertiary/aromatic N) is 3. The standard InChI is InChI=1S/C21H27F4N3O2Si/c1-12-15(8-7-13(11-26)16(12)22)28-18(29)27-10-9-14(19(2,3)4)17(27)20(28,21(23,24)25)30-31(5)6/h7-8,14,17,31H,9-10H2,1-6H3/t14-,17+,20-/m0/s1. The molecule has 10 heteroatoms. The number of alkyl halides is 3. The third kappa shape index (κ3) is 3.42. The van der Waals surface area contributed by atoms with Crippen molar-refractivity contribution in [1.29, 1.82) is 5.26 Å². The average Bonchev–Trinajstić information content (AvgIpc) is 3.16. The maximum atomic E-state index is 15.0. The molecule has 2 heterocycles. The Morgan fingerprint density at radius 1 is 1.26 bits per heavy atom. The van der Waals surface area contributed by atoms with E-state index < -0.39 is 50.2 Å². The third-order valence-electron chi connectivity index (χ3n) is 6.22. The van der Waals surface area contributed by atoms with Crippen molar-refractivity contribution in [3.63, 3.8) is 0 Å². The van der Waals surface area contributed by atoms with Gasteiger partial charge in [-0.05, 0) is 49.9 Å². The maximum Gasteiger partial charge on any atom is 0.438 e. The van der Waals surface area contributed by atoms with Crippen molar-refractivity contribution < 1.29 is 26.8 Å². The number of hydrogen-bond donors (Lipinski definition) is 0. The number of halogens is 4.